The Balaban J connectivity index is -0.0000000655. The van der Waals surface area contributed by atoms with Crippen molar-refractivity contribution in [2.24, 2.45) is 0 Å². The third-order valence-electron chi connectivity index (χ3n) is 0.192. The normalized spacial score (nSPS) is 9.56. The molecule has 0 saturated heterocycles. The van der Waals surface area contributed by atoms with Crippen molar-refractivity contribution >= 4 is 20.8 Å². The van der Waals surface area contributed by atoms with Gasteiger partial charge < -0.3 is 6.15 Å². The second kappa shape index (κ2) is 12.4. The van der Waals surface area contributed by atoms with Crippen molar-refractivity contribution in [3.8, 4) is 0 Å². The molecule has 102 valence electrons. The van der Waals surface area contributed by atoms with Crippen LogP contribution in [0.25, 0.3) is 0 Å². The predicted octanol–water partition coefficient (Wildman–Crippen LogP) is -0.482. The van der Waals surface area contributed by atoms with E-state index in [9.17, 15) is 0 Å². The lowest BCUT2D eigenvalue weighted by atomic mass is 10.7. The Morgan fingerprint density at radius 3 is 1.19 bits per heavy atom. The molecule has 0 unspecified atom stereocenters. The average molecular weight is 287 g/mol. The predicted molar refractivity (Wildman–Crippen MR) is 52.2 cm³/mol. The van der Waals surface area contributed by atoms with Crippen LogP contribution in [0.1, 0.15) is 0 Å². The van der Waals surface area contributed by atoms with Crippen LogP contribution in [0.15, 0.2) is 12.7 Å². The Morgan fingerprint density at radius 1 is 1.00 bits per heavy atom. The maximum Gasteiger partial charge on any atom is 0.394 e. The molecule has 0 atom stereocenters. The van der Waals surface area contributed by atoms with Crippen molar-refractivity contribution in [3.05, 3.63) is 12.7 Å². The molecule has 13 heteroatoms. The first-order valence-corrected chi connectivity index (χ1v) is 5.48. The lowest BCUT2D eigenvalue weighted by Crippen LogP contribution is -1.89. The van der Waals surface area contributed by atoms with Crippen LogP contribution >= 0.6 is 0 Å². The molecule has 0 rings (SSSR count). The smallest absolute Gasteiger partial charge is 0.344 e. The maximum absolute atomic E-state index is 8.74. The monoisotopic (exact) mass is 287 g/mol. The highest BCUT2D eigenvalue weighted by molar-refractivity contribution is 7.80. The second-order valence-electron chi connectivity index (χ2n) is 1.48. The van der Waals surface area contributed by atoms with E-state index in [0.29, 0.717) is 0 Å². The van der Waals surface area contributed by atoms with E-state index in [4.69, 9.17) is 40.3 Å². The molecule has 0 aromatic carbocycles. The summed E-state index contributed by atoms with van der Waals surface area (Å²) in [4.78, 5) is 3.57. The molecule has 0 fully saturated rings. The van der Waals surface area contributed by atoms with Gasteiger partial charge >= 0.3 is 20.8 Å². The Hall–Kier alpha value is -0.640. The van der Waals surface area contributed by atoms with E-state index in [2.05, 4.69) is 11.5 Å². The van der Waals surface area contributed by atoms with Crippen LogP contribution in [0.2, 0.25) is 0 Å². The van der Waals surface area contributed by atoms with Crippen LogP contribution in [0, 0.1) is 0 Å². The van der Waals surface area contributed by atoms with E-state index in [-0.39, 0.29) is 12.8 Å². The molecule has 8 N–H and O–H groups in total. The molecule has 16 heavy (non-hydrogen) atoms. The molecule has 0 aliphatic carbocycles. The van der Waals surface area contributed by atoms with Crippen LogP contribution in [0.3, 0.4) is 0 Å². The largest absolute Gasteiger partial charge is 0.394 e. The van der Waals surface area contributed by atoms with Gasteiger partial charge in [0.05, 0.1) is 6.61 Å². The fourth-order valence-electron chi connectivity index (χ4n) is 0.0527. The summed E-state index contributed by atoms with van der Waals surface area (Å²) in [6, 6.07) is 0. The van der Waals surface area contributed by atoms with Gasteiger partial charge in [-0.1, -0.05) is 6.08 Å². The van der Waals surface area contributed by atoms with Gasteiger partial charge in [-0.2, -0.15) is 16.8 Å². The van der Waals surface area contributed by atoms with Gasteiger partial charge in [-0.05, 0) is 0 Å². The fourth-order valence-corrected chi connectivity index (χ4v) is 0.0527. The van der Waals surface area contributed by atoms with Crippen molar-refractivity contribution in [2.75, 3.05) is 6.61 Å². The van der Waals surface area contributed by atoms with E-state index in [1.807, 2.05) is 0 Å². The topological polar surface area (TPSA) is 214 Å². The molecule has 0 amide bonds. The molecule has 0 heterocycles. The quantitative estimate of drug-likeness (QED) is 0.165. The summed E-state index contributed by atoms with van der Waals surface area (Å²) in [5.41, 5.74) is 0. The van der Waals surface area contributed by atoms with Gasteiger partial charge in [0.2, 0.25) is 0 Å². The molecular formula is C3H13NO10S2. The van der Waals surface area contributed by atoms with Crippen molar-refractivity contribution in [1.29, 1.82) is 0 Å². The fraction of sp³-hybridized carbons (Fsp3) is 0.333. The van der Waals surface area contributed by atoms with Crippen molar-refractivity contribution < 1.29 is 45.2 Å². The zero-order valence-corrected chi connectivity index (χ0v) is 9.43. The van der Waals surface area contributed by atoms with Crippen LogP contribution in [0.5, 0.6) is 0 Å². The summed E-state index contributed by atoms with van der Waals surface area (Å²) in [5, 5.41) is 7.50. The molecule has 0 aliphatic heterocycles. The van der Waals surface area contributed by atoms with Gasteiger partial charge in [-0.3, -0.25) is 23.5 Å². The SMILES string of the molecule is C=CCOO.N.O=S(=O)(O)O.O=S(=O)(O)O. The van der Waals surface area contributed by atoms with Gasteiger partial charge in [0.1, 0.15) is 0 Å². The van der Waals surface area contributed by atoms with Crippen LogP contribution in [-0.4, -0.2) is 46.9 Å². The lowest BCUT2D eigenvalue weighted by molar-refractivity contribution is -0.231. The number of hydrogen-bond acceptors (Lipinski definition) is 7. The molecular weight excluding hydrogens is 274 g/mol. The summed E-state index contributed by atoms with van der Waals surface area (Å²) < 4.78 is 63.2. The zero-order chi connectivity index (χ0) is 13.1. The summed E-state index contributed by atoms with van der Waals surface area (Å²) >= 11 is 0. The van der Waals surface area contributed by atoms with E-state index in [0.717, 1.165) is 0 Å². The van der Waals surface area contributed by atoms with Gasteiger partial charge in [0.25, 0.3) is 0 Å². The molecule has 0 spiro atoms. The molecule has 0 radical (unpaired) electrons. The van der Waals surface area contributed by atoms with Gasteiger partial charge in [-0.15, -0.1) is 6.58 Å². The first-order valence-electron chi connectivity index (χ1n) is 2.68. The van der Waals surface area contributed by atoms with Crippen LogP contribution in [-0.2, 0) is 25.7 Å². The highest BCUT2D eigenvalue weighted by atomic mass is 32.3. The summed E-state index contributed by atoms with van der Waals surface area (Å²) in [6.45, 7) is 3.47. The highest BCUT2D eigenvalue weighted by Gasteiger charge is 1.85. The van der Waals surface area contributed by atoms with Crippen LogP contribution in [0.4, 0.5) is 0 Å². The molecule has 0 bridgehead atoms. The second-order valence-corrected chi connectivity index (χ2v) is 3.27. The molecule has 0 saturated carbocycles. The van der Waals surface area contributed by atoms with E-state index < -0.39 is 20.8 Å². The molecule has 0 aromatic rings. The van der Waals surface area contributed by atoms with Gasteiger partial charge in [0.15, 0.2) is 0 Å². The van der Waals surface area contributed by atoms with Crippen molar-refractivity contribution in [2.45, 2.75) is 0 Å². The minimum atomic E-state index is -4.67. The van der Waals surface area contributed by atoms with Crippen LogP contribution < -0.4 is 6.15 Å². The molecule has 0 aliphatic rings. The standard InChI is InChI=1S/C3H6O2.H3N.2H2O4S/c1-2-3-5-4;;2*1-5(2,3)4/h2,4H,1,3H2;1H3;2*(H2,1,2,3,4). The van der Waals surface area contributed by atoms with Gasteiger partial charge in [0, 0.05) is 0 Å². The third kappa shape index (κ3) is 1100. The van der Waals surface area contributed by atoms with E-state index in [1.54, 1.807) is 0 Å². The molecule has 11 nitrogen and oxygen atoms in total. The average Bonchev–Trinajstić information content (AvgIpc) is 1.80. The summed E-state index contributed by atoms with van der Waals surface area (Å²) in [7, 11) is -9.33. The number of rotatable bonds is 2. The summed E-state index contributed by atoms with van der Waals surface area (Å²) in [5.74, 6) is 0. The zero-order valence-electron chi connectivity index (χ0n) is 7.79. The molecule has 0 aromatic heterocycles. The van der Waals surface area contributed by atoms with Crippen molar-refractivity contribution in [3.63, 3.8) is 0 Å². The summed E-state index contributed by atoms with van der Waals surface area (Å²) in [6.07, 6.45) is 1.46. The Labute approximate surface area is 92.0 Å². The van der Waals surface area contributed by atoms with E-state index >= 15 is 0 Å². The third-order valence-corrected chi connectivity index (χ3v) is 0.192. The number of hydrogen-bond donors (Lipinski definition) is 6. The maximum atomic E-state index is 8.74. The van der Waals surface area contributed by atoms with E-state index in [1.165, 1.54) is 6.08 Å². The first kappa shape index (κ1) is 24.5. The minimum Gasteiger partial charge on any atom is -0.344 e. The lowest BCUT2D eigenvalue weighted by Gasteiger charge is -1.76. The Kier molecular flexibility index (Phi) is 19.1. The Bertz CT molecular complexity index is 283. The van der Waals surface area contributed by atoms with Gasteiger partial charge in [-0.25, -0.2) is 4.89 Å². The highest BCUT2D eigenvalue weighted by Crippen LogP contribution is 1.60. The first-order chi connectivity index (χ1) is 6.41. The Morgan fingerprint density at radius 2 is 1.19 bits per heavy atom. The minimum absolute atomic E-state index is 0. The van der Waals surface area contributed by atoms with Crippen molar-refractivity contribution in [1.82, 2.24) is 6.15 Å².